The molecule has 1 fully saturated rings. The molecular formula is C22H26N4O2. The van der Waals surface area contributed by atoms with Crippen LogP contribution in [0.4, 0.5) is 0 Å². The van der Waals surface area contributed by atoms with Gasteiger partial charge in [-0.05, 0) is 60.7 Å². The third-order valence-electron chi connectivity index (χ3n) is 5.38. The van der Waals surface area contributed by atoms with Crippen molar-refractivity contribution in [3.63, 3.8) is 0 Å². The van der Waals surface area contributed by atoms with E-state index in [-0.39, 0.29) is 0 Å². The van der Waals surface area contributed by atoms with Crippen LogP contribution in [0.1, 0.15) is 23.1 Å². The molecule has 3 aromatic rings. The molecular weight excluding hydrogens is 352 g/mol. The second-order valence-electron chi connectivity index (χ2n) is 7.50. The van der Waals surface area contributed by atoms with Gasteiger partial charge in [0.15, 0.2) is 0 Å². The largest absolute Gasteiger partial charge is 0.508 e. The zero-order valence-corrected chi connectivity index (χ0v) is 16.2. The number of hydrogen-bond acceptors (Lipinski definition) is 5. The van der Waals surface area contributed by atoms with Crippen molar-refractivity contribution >= 4 is 0 Å². The molecule has 0 saturated carbocycles. The zero-order chi connectivity index (χ0) is 19.3. The summed E-state index contributed by atoms with van der Waals surface area (Å²) in [5.74, 6) is 1.88. The number of nitrogens with zero attached hydrogens (tertiary/aromatic N) is 4. The van der Waals surface area contributed by atoms with Gasteiger partial charge in [-0.15, -0.1) is 0 Å². The highest BCUT2D eigenvalue weighted by Gasteiger charge is 2.23. The quantitative estimate of drug-likeness (QED) is 0.684. The molecule has 4 rings (SSSR count). The van der Waals surface area contributed by atoms with E-state index in [1.165, 1.54) is 17.5 Å². The van der Waals surface area contributed by atoms with E-state index in [4.69, 9.17) is 4.74 Å². The Labute approximate surface area is 165 Å². The lowest BCUT2D eigenvalue weighted by atomic mass is 9.99. The van der Waals surface area contributed by atoms with Crippen molar-refractivity contribution in [2.45, 2.75) is 25.9 Å². The molecule has 0 aliphatic carbocycles. The van der Waals surface area contributed by atoms with Gasteiger partial charge in [-0.25, -0.2) is 9.67 Å². The van der Waals surface area contributed by atoms with Crippen molar-refractivity contribution in [1.29, 1.82) is 0 Å². The average molecular weight is 378 g/mol. The van der Waals surface area contributed by atoms with E-state index in [0.717, 1.165) is 37.4 Å². The Balaban J connectivity index is 1.38. The second kappa shape index (κ2) is 8.44. The highest BCUT2D eigenvalue weighted by Crippen LogP contribution is 2.26. The van der Waals surface area contributed by atoms with Crippen LogP contribution in [0.15, 0.2) is 55.1 Å². The highest BCUT2D eigenvalue weighted by atomic mass is 16.5. The van der Waals surface area contributed by atoms with Crippen LogP contribution in [0.2, 0.25) is 0 Å². The maximum atomic E-state index is 9.44. The predicted molar refractivity (Wildman–Crippen MR) is 107 cm³/mol. The summed E-state index contributed by atoms with van der Waals surface area (Å²) in [6.07, 6.45) is 5.55. The number of aromatic hydroxyl groups is 1. The lowest BCUT2D eigenvalue weighted by Gasteiger charge is -2.18. The minimum Gasteiger partial charge on any atom is -0.508 e. The van der Waals surface area contributed by atoms with Gasteiger partial charge in [-0.3, -0.25) is 4.90 Å². The van der Waals surface area contributed by atoms with Crippen molar-refractivity contribution in [2.75, 3.05) is 20.2 Å². The Hall–Kier alpha value is -2.86. The molecule has 1 aliphatic rings. The standard InChI is InChI=1S/C22H26N4O2/c1-28-22-7-4-18(11-20(22)14-26-16-23-15-24-26)12-25-9-8-19(13-25)10-17-2-5-21(27)6-3-17/h2-7,11,15-16,19,27H,8-10,12-14H2,1H3. The van der Waals surface area contributed by atoms with Gasteiger partial charge in [0.2, 0.25) is 0 Å². The molecule has 146 valence electrons. The number of rotatable bonds is 7. The summed E-state index contributed by atoms with van der Waals surface area (Å²) in [4.78, 5) is 6.54. The van der Waals surface area contributed by atoms with Crippen molar-refractivity contribution in [3.8, 4) is 11.5 Å². The van der Waals surface area contributed by atoms with Crippen LogP contribution in [-0.2, 0) is 19.5 Å². The molecule has 1 aromatic heterocycles. The predicted octanol–water partition coefficient (Wildman–Crippen LogP) is 3.11. The van der Waals surface area contributed by atoms with Crippen molar-refractivity contribution in [3.05, 3.63) is 71.8 Å². The van der Waals surface area contributed by atoms with Gasteiger partial charge in [0.25, 0.3) is 0 Å². The van der Waals surface area contributed by atoms with Gasteiger partial charge >= 0.3 is 0 Å². The molecule has 2 heterocycles. The number of aromatic nitrogens is 3. The Morgan fingerprint density at radius 2 is 1.93 bits per heavy atom. The van der Waals surface area contributed by atoms with Crippen LogP contribution < -0.4 is 4.74 Å². The lowest BCUT2D eigenvalue weighted by molar-refractivity contribution is 0.316. The van der Waals surface area contributed by atoms with Crippen LogP contribution >= 0.6 is 0 Å². The minimum absolute atomic E-state index is 0.331. The minimum atomic E-state index is 0.331. The molecule has 0 spiro atoms. The zero-order valence-electron chi connectivity index (χ0n) is 16.2. The van der Waals surface area contributed by atoms with Crippen LogP contribution in [-0.4, -0.2) is 45.0 Å². The lowest BCUT2D eigenvalue weighted by Crippen LogP contribution is -2.20. The highest BCUT2D eigenvalue weighted by molar-refractivity contribution is 5.37. The van der Waals surface area contributed by atoms with Crippen LogP contribution in [0.3, 0.4) is 0 Å². The van der Waals surface area contributed by atoms with Crippen molar-refractivity contribution in [1.82, 2.24) is 19.7 Å². The van der Waals surface area contributed by atoms with E-state index in [1.807, 2.05) is 22.9 Å². The maximum Gasteiger partial charge on any atom is 0.137 e. The van der Waals surface area contributed by atoms with E-state index >= 15 is 0 Å². The molecule has 1 N–H and O–H groups in total. The van der Waals surface area contributed by atoms with Gasteiger partial charge in [0, 0.05) is 18.7 Å². The van der Waals surface area contributed by atoms with Crippen LogP contribution in [0.25, 0.3) is 0 Å². The van der Waals surface area contributed by atoms with Crippen LogP contribution in [0.5, 0.6) is 11.5 Å². The van der Waals surface area contributed by atoms with Gasteiger partial charge < -0.3 is 9.84 Å². The topological polar surface area (TPSA) is 63.4 Å². The number of benzene rings is 2. The smallest absolute Gasteiger partial charge is 0.137 e. The SMILES string of the molecule is COc1ccc(CN2CCC(Cc3ccc(O)cc3)C2)cc1Cn1cncn1. The molecule has 1 aliphatic heterocycles. The first kappa shape index (κ1) is 18.5. The van der Waals surface area contributed by atoms with E-state index in [2.05, 4.69) is 27.1 Å². The summed E-state index contributed by atoms with van der Waals surface area (Å²) < 4.78 is 7.33. The Morgan fingerprint density at radius 3 is 2.68 bits per heavy atom. The number of phenols is 1. The van der Waals surface area contributed by atoms with E-state index in [1.54, 1.807) is 31.9 Å². The maximum absolute atomic E-state index is 9.44. The molecule has 1 saturated heterocycles. The number of likely N-dealkylation sites (tertiary alicyclic amines) is 1. The fourth-order valence-electron chi connectivity index (χ4n) is 3.99. The average Bonchev–Trinajstić information content (AvgIpc) is 3.36. The summed E-state index contributed by atoms with van der Waals surface area (Å²) in [5.41, 5.74) is 3.70. The van der Waals surface area contributed by atoms with Crippen molar-refractivity contribution in [2.24, 2.45) is 5.92 Å². The Morgan fingerprint density at radius 1 is 1.11 bits per heavy atom. The third-order valence-corrected chi connectivity index (χ3v) is 5.38. The van der Waals surface area contributed by atoms with E-state index < -0.39 is 0 Å². The first-order valence-electron chi connectivity index (χ1n) is 9.68. The molecule has 0 bridgehead atoms. The summed E-state index contributed by atoms with van der Waals surface area (Å²) in [5, 5.41) is 13.6. The fraction of sp³-hybridized carbons (Fsp3) is 0.364. The van der Waals surface area contributed by atoms with Crippen LogP contribution in [0, 0.1) is 5.92 Å². The molecule has 2 aromatic carbocycles. The van der Waals surface area contributed by atoms with Gasteiger partial charge in [-0.1, -0.05) is 18.2 Å². The first-order valence-corrected chi connectivity index (χ1v) is 9.68. The molecule has 0 amide bonds. The van der Waals surface area contributed by atoms with E-state index in [9.17, 15) is 5.11 Å². The van der Waals surface area contributed by atoms with Gasteiger partial charge in [0.05, 0.1) is 13.7 Å². The second-order valence-corrected chi connectivity index (χ2v) is 7.50. The molecule has 6 nitrogen and oxygen atoms in total. The summed E-state index contributed by atoms with van der Waals surface area (Å²) in [6.45, 7) is 3.82. The monoisotopic (exact) mass is 378 g/mol. The summed E-state index contributed by atoms with van der Waals surface area (Å²) in [7, 11) is 1.70. The Kier molecular flexibility index (Phi) is 5.58. The fourth-order valence-corrected chi connectivity index (χ4v) is 3.99. The Bertz CT molecular complexity index is 893. The number of hydrogen-bond donors (Lipinski definition) is 1. The molecule has 6 heteroatoms. The van der Waals surface area contributed by atoms with E-state index in [0.29, 0.717) is 18.2 Å². The molecule has 28 heavy (non-hydrogen) atoms. The third kappa shape index (κ3) is 4.51. The first-order chi connectivity index (χ1) is 13.7. The number of methoxy groups -OCH3 is 1. The molecule has 1 atom stereocenters. The molecule has 1 unspecified atom stereocenters. The summed E-state index contributed by atoms with van der Waals surface area (Å²) >= 11 is 0. The van der Waals surface area contributed by atoms with Gasteiger partial charge in [-0.2, -0.15) is 5.10 Å². The molecule has 0 radical (unpaired) electrons. The van der Waals surface area contributed by atoms with Gasteiger partial charge in [0.1, 0.15) is 24.2 Å². The number of ether oxygens (including phenoxy) is 1. The normalized spacial score (nSPS) is 17.1. The van der Waals surface area contributed by atoms with Crippen molar-refractivity contribution < 1.29 is 9.84 Å². The number of phenolic OH excluding ortho intramolecular Hbond substituents is 1. The summed E-state index contributed by atoms with van der Waals surface area (Å²) in [6, 6.07) is 14.0.